The van der Waals surface area contributed by atoms with Crippen LogP contribution in [0.4, 0.5) is 38.5 Å². The first-order valence-corrected chi connectivity index (χ1v) is 21.2. The van der Waals surface area contributed by atoms with Crippen molar-refractivity contribution in [2.24, 2.45) is 0 Å². The van der Waals surface area contributed by atoms with Crippen molar-refractivity contribution in [2.75, 3.05) is 16.4 Å². The fraction of sp³-hybridized carbons (Fsp3) is 0.216. The van der Waals surface area contributed by atoms with E-state index in [9.17, 15) is 19.2 Å². The number of nitrogens with zero attached hydrogens (tertiary/aromatic N) is 4. The lowest BCUT2D eigenvalue weighted by atomic mass is 10.0. The summed E-state index contributed by atoms with van der Waals surface area (Å²) in [6.07, 6.45) is 4.71. The summed E-state index contributed by atoms with van der Waals surface area (Å²) in [7, 11) is 0. The summed E-state index contributed by atoms with van der Waals surface area (Å²) in [4.78, 5) is 69.7. The molecule has 0 amide bonds. The van der Waals surface area contributed by atoms with Gasteiger partial charge in [0.1, 0.15) is 11.2 Å². The predicted molar refractivity (Wildman–Crippen MR) is 263 cm³/mol. The molecule has 0 radical (unpaired) electrons. The molecule has 4 aromatic carbocycles. The third kappa shape index (κ3) is 13.8. The summed E-state index contributed by atoms with van der Waals surface area (Å²) in [6.45, 7) is 15.9. The van der Waals surface area contributed by atoms with Gasteiger partial charge in [0.05, 0.1) is 11.0 Å². The Morgan fingerprint density at radius 2 is 1.03 bits per heavy atom. The monoisotopic (exact) mass is 903 g/mol. The number of carbonyl (C=O) groups is 2. The molecule has 8 aromatic rings. The molecule has 0 fully saturated rings. The van der Waals surface area contributed by atoms with Crippen molar-refractivity contribution in [1.82, 2.24) is 29.9 Å². The van der Waals surface area contributed by atoms with Gasteiger partial charge in [0.15, 0.2) is 0 Å². The summed E-state index contributed by atoms with van der Waals surface area (Å²) in [5.74, 6) is 1.04. The van der Waals surface area contributed by atoms with E-state index in [2.05, 4.69) is 45.3 Å². The number of aromatic nitrogens is 6. The second-order valence-electron chi connectivity index (χ2n) is 17.4. The average molecular weight is 904 g/mol. The molecule has 344 valence electrons. The van der Waals surface area contributed by atoms with Gasteiger partial charge < -0.3 is 40.5 Å². The van der Waals surface area contributed by atoms with Gasteiger partial charge in [0.25, 0.3) is 11.1 Å². The van der Waals surface area contributed by atoms with Crippen molar-refractivity contribution in [3.8, 4) is 22.3 Å². The summed E-state index contributed by atoms with van der Waals surface area (Å²) >= 11 is 0. The van der Waals surface area contributed by atoms with Gasteiger partial charge in [0.2, 0.25) is 11.9 Å². The molecule has 0 bridgehead atoms. The van der Waals surface area contributed by atoms with Gasteiger partial charge in [-0.15, -0.1) is 0 Å². The molecular weight excluding hydrogens is 851 g/mol. The largest absolute Gasteiger partial charge is 0.519 e. The van der Waals surface area contributed by atoms with E-state index in [1.165, 1.54) is 5.56 Å². The maximum atomic E-state index is 12.2. The number of fused-ring (bicyclic) bond motifs is 2. The number of nitrogens with two attached hydrogens (primary N) is 1. The van der Waals surface area contributed by atoms with Gasteiger partial charge in [-0.25, -0.2) is 29.5 Å². The Kier molecular flexibility index (Phi) is 14.8. The molecule has 0 aliphatic carbocycles. The first-order chi connectivity index (χ1) is 31.7. The topological polar surface area (TPSA) is 229 Å². The van der Waals surface area contributed by atoms with E-state index in [4.69, 9.17) is 15.2 Å². The number of H-pyrrole nitrogens is 2. The molecule has 67 heavy (non-hydrogen) atoms. The lowest BCUT2D eigenvalue weighted by Crippen LogP contribution is -2.29. The maximum Gasteiger partial charge on any atom is 0.519 e. The predicted octanol–water partition coefficient (Wildman–Crippen LogP) is 10.8. The number of anilines is 5. The highest BCUT2D eigenvalue weighted by Gasteiger charge is 2.24. The van der Waals surface area contributed by atoms with Crippen LogP contribution in [0.3, 0.4) is 0 Å². The Balaban J connectivity index is 0.000000173. The molecule has 0 aliphatic heterocycles. The van der Waals surface area contributed by atoms with Crippen molar-refractivity contribution in [1.29, 1.82) is 0 Å². The minimum atomic E-state index is -1.06. The minimum Gasteiger partial charge on any atom is -0.428 e. The summed E-state index contributed by atoms with van der Waals surface area (Å²) in [5.41, 5.74) is 14.3. The van der Waals surface area contributed by atoms with Crippen molar-refractivity contribution in [2.45, 2.75) is 73.5 Å². The van der Waals surface area contributed by atoms with Crippen LogP contribution in [0, 0.1) is 20.8 Å². The third-order valence-electron chi connectivity index (χ3n) is 9.44. The van der Waals surface area contributed by atoms with Gasteiger partial charge in [-0.2, -0.15) is 0 Å². The first kappa shape index (κ1) is 48.1. The Labute approximate surface area is 387 Å². The fourth-order valence-corrected chi connectivity index (χ4v) is 6.58. The molecule has 0 saturated heterocycles. The Morgan fingerprint density at radius 1 is 0.582 bits per heavy atom. The molecule has 6 N–H and O–H groups in total. The van der Waals surface area contributed by atoms with Crippen LogP contribution in [0.5, 0.6) is 0 Å². The van der Waals surface area contributed by atoms with Crippen molar-refractivity contribution in [3.63, 3.8) is 0 Å². The number of carbonyl (C=O) groups excluding carboxylic acids is 2. The van der Waals surface area contributed by atoms with Crippen molar-refractivity contribution in [3.05, 3.63) is 159 Å². The van der Waals surface area contributed by atoms with Crippen molar-refractivity contribution >= 4 is 63.1 Å². The number of nitrogen functional groups attached to an aromatic ring is 1. The molecule has 4 aromatic heterocycles. The number of rotatable bonds is 6. The molecule has 0 saturated carbocycles. The van der Waals surface area contributed by atoms with Gasteiger partial charge >= 0.3 is 12.3 Å². The molecule has 4 heterocycles. The van der Waals surface area contributed by atoms with E-state index in [0.717, 1.165) is 55.4 Å². The molecular formula is C51H53N9O7. The van der Waals surface area contributed by atoms with Gasteiger partial charge in [-0.05, 0) is 157 Å². The van der Waals surface area contributed by atoms with E-state index < -0.39 is 23.5 Å². The van der Waals surface area contributed by atoms with Crippen LogP contribution < -0.4 is 27.5 Å². The SMILES string of the molecule is CC(C)(C)OC(=O)OC(=O)OC(C)(C)C.Cc1cc[nH]c(=O)c1-c1ccc2nc(Nc3cccc(N)c3)ncc2c1.Cc1cccc(Nc2ncc3cc(-c4c(C)cc[nH]c4=O)ccc3n2)c1. The van der Waals surface area contributed by atoms with E-state index in [1.807, 2.05) is 118 Å². The van der Waals surface area contributed by atoms with Gasteiger partial charge in [0, 0.05) is 63.7 Å². The average Bonchev–Trinajstić information content (AvgIpc) is 3.23. The fourth-order valence-electron chi connectivity index (χ4n) is 6.58. The van der Waals surface area contributed by atoms with Crippen LogP contribution in [-0.4, -0.2) is 53.4 Å². The number of hydrogen-bond acceptors (Lipinski definition) is 14. The van der Waals surface area contributed by atoms with Crippen LogP contribution in [0.25, 0.3) is 44.1 Å². The Morgan fingerprint density at radius 3 is 1.45 bits per heavy atom. The third-order valence-corrected chi connectivity index (χ3v) is 9.44. The van der Waals surface area contributed by atoms with Gasteiger partial charge in [-0.3, -0.25) is 9.59 Å². The first-order valence-electron chi connectivity index (χ1n) is 21.2. The van der Waals surface area contributed by atoms with Crippen LogP contribution in [-0.2, 0) is 14.2 Å². The zero-order chi connectivity index (χ0) is 48.5. The smallest absolute Gasteiger partial charge is 0.428 e. The number of aromatic amines is 2. The second kappa shape index (κ2) is 20.6. The van der Waals surface area contributed by atoms with E-state index in [1.54, 1.807) is 66.3 Å². The Hall–Kier alpha value is -8.40. The maximum absolute atomic E-state index is 12.2. The standard InChI is InChI=1S/C21H18N4O.C20H17N5O.C10H18O5/c1-13-4-3-5-17(10-13)24-21-23-12-16-11-15(6-7-18(16)25-21)19-14(2)8-9-22-20(19)26;1-12-7-8-22-19(26)18(12)13-5-6-17-14(9-13)11-23-20(25-17)24-16-4-2-3-15(21)10-16;1-9(2,3)14-7(11)13-8(12)15-10(4,5)6/h3-12H,1-2H3,(H,22,26)(H,23,24,25);2-11H,21H2,1H3,(H,22,26)(H,23,24,25);1-6H3. The van der Waals surface area contributed by atoms with Crippen LogP contribution in [0.1, 0.15) is 58.2 Å². The molecule has 0 aliphatic rings. The molecule has 16 heteroatoms. The number of pyridine rings is 2. The summed E-state index contributed by atoms with van der Waals surface area (Å²) in [5, 5.41) is 8.12. The lowest BCUT2D eigenvalue weighted by Gasteiger charge is -2.20. The zero-order valence-corrected chi connectivity index (χ0v) is 38.8. The van der Waals surface area contributed by atoms with Crippen LogP contribution in [0.2, 0.25) is 0 Å². The molecule has 8 rings (SSSR count). The summed E-state index contributed by atoms with van der Waals surface area (Å²) in [6, 6.07) is 30.7. The number of aryl methyl sites for hydroxylation is 3. The minimum absolute atomic E-state index is 0.0944. The van der Waals surface area contributed by atoms with Crippen molar-refractivity contribution < 1.29 is 23.8 Å². The van der Waals surface area contributed by atoms with Crippen LogP contribution >= 0.6 is 0 Å². The lowest BCUT2D eigenvalue weighted by molar-refractivity contribution is -0.0293. The molecule has 0 atom stereocenters. The molecule has 16 nitrogen and oxygen atoms in total. The molecule has 0 spiro atoms. The number of hydrogen-bond donors (Lipinski definition) is 5. The molecule has 0 unspecified atom stereocenters. The number of nitrogens with one attached hydrogen (secondary N) is 4. The van der Waals surface area contributed by atoms with Gasteiger partial charge in [-0.1, -0.05) is 30.3 Å². The van der Waals surface area contributed by atoms with E-state index in [0.29, 0.717) is 28.7 Å². The zero-order valence-electron chi connectivity index (χ0n) is 38.8. The number of ether oxygens (including phenoxy) is 3. The van der Waals surface area contributed by atoms with E-state index >= 15 is 0 Å². The quantitative estimate of drug-likeness (QED) is 0.0594. The highest BCUT2D eigenvalue weighted by atomic mass is 16.8. The normalized spacial score (nSPS) is 11.1. The summed E-state index contributed by atoms with van der Waals surface area (Å²) < 4.78 is 13.8. The number of benzene rings is 4. The second-order valence-corrected chi connectivity index (χ2v) is 17.4. The van der Waals surface area contributed by atoms with E-state index in [-0.39, 0.29) is 11.1 Å². The Bertz CT molecular complexity index is 2980. The van der Waals surface area contributed by atoms with Crippen LogP contribution in [0.15, 0.2) is 131 Å². The highest BCUT2D eigenvalue weighted by Crippen LogP contribution is 2.26. The highest BCUT2D eigenvalue weighted by molar-refractivity contribution is 5.86.